The molecule has 1 heterocycles. The van der Waals surface area contributed by atoms with Gasteiger partial charge in [-0.1, -0.05) is 51.9 Å². The van der Waals surface area contributed by atoms with Crippen molar-refractivity contribution in [3.63, 3.8) is 0 Å². The molecule has 1 aromatic rings. The van der Waals surface area contributed by atoms with Gasteiger partial charge in [-0.15, -0.1) is 0 Å². The fourth-order valence-electron chi connectivity index (χ4n) is 1.19. The first-order valence-corrected chi connectivity index (χ1v) is 6.46. The quantitative estimate of drug-likeness (QED) is 0.677. The lowest BCUT2D eigenvalue weighted by atomic mass is 10.2. The van der Waals surface area contributed by atoms with Crippen LogP contribution < -0.4 is 0 Å². The maximum Gasteiger partial charge on any atom is 0.404 e. The lowest BCUT2D eigenvalue weighted by molar-refractivity contribution is -0.119. The van der Waals surface area contributed by atoms with Crippen molar-refractivity contribution in [2.45, 2.75) is 11.4 Å². The number of hydrogen-bond donors (Lipinski definition) is 0. The molecule has 0 N–H and O–H groups in total. The Morgan fingerprint density at radius 2 is 1.73 bits per heavy atom. The van der Waals surface area contributed by atoms with Crippen LogP contribution in [0.15, 0.2) is 36.4 Å². The van der Waals surface area contributed by atoms with Crippen LogP contribution in [0.4, 0.5) is 13.2 Å². The average Bonchev–Trinajstić information content (AvgIpc) is 2.67. The van der Waals surface area contributed by atoms with Crippen LogP contribution >= 0.6 is 21.6 Å². The second kappa shape index (κ2) is 4.14. The monoisotopic (exact) mass is 248 g/mol. The number of hydrogen-bond acceptors (Lipinski definition) is 2. The molecule has 1 atom stereocenters. The predicted molar refractivity (Wildman–Crippen MR) is 59.4 cm³/mol. The molecule has 1 aliphatic heterocycles. The summed E-state index contributed by atoms with van der Waals surface area (Å²) in [5.74, 6) is 0. The maximum atomic E-state index is 12.4. The first-order valence-electron chi connectivity index (χ1n) is 4.24. The highest BCUT2D eigenvalue weighted by Crippen LogP contribution is 2.51. The first-order chi connectivity index (χ1) is 7.07. The summed E-state index contributed by atoms with van der Waals surface area (Å²) in [5.41, 5.74) is 0.849. The molecule has 2 rings (SSSR count). The van der Waals surface area contributed by atoms with E-state index >= 15 is 0 Å². The fraction of sp³-hybridized carbons (Fsp3) is 0.200. The summed E-state index contributed by atoms with van der Waals surface area (Å²) in [6, 6.07) is 9.12. The van der Waals surface area contributed by atoms with Crippen LogP contribution in [-0.4, -0.2) is 11.4 Å². The van der Waals surface area contributed by atoms with E-state index in [1.807, 2.05) is 30.3 Å². The molecule has 0 aliphatic carbocycles. The van der Waals surface area contributed by atoms with E-state index in [1.165, 1.54) is 16.9 Å². The summed E-state index contributed by atoms with van der Waals surface area (Å²) >= 11 is 0. The molecule has 0 nitrogen and oxygen atoms in total. The van der Waals surface area contributed by atoms with E-state index in [2.05, 4.69) is 0 Å². The highest BCUT2D eigenvalue weighted by atomic mass is 33.1. The van der Waals surface area contributed by atoms with Crippen molar-refractivity contribution in [1.82, 2.24) is 0 Å². The summed E-state index contributed by atoms with van der Waals surface area (Å²) < 4.78 is 37.1. The second-order valence-corrected chi connectivity index (χ2v) is 5.42. The van der Waals surface area contributed by atoms with Crippen molar-refractivity contribution in [1.29, 1.82) is 0 Å². The fourth-order valence-corrected chi connectivity index (χ4v) is 3.78. The van der Waals surface area contributed by atoms with E-state index in [0.717, 1.165) is 16.4 Å². The Bertz CT molecular complexity index is 370. The van der Waals surface area contributed by atoms with Gasteiger partial charge in [0.05, 0.1) is 0 Å². The molecule has 1 aromatic carbocycles. The summed E-state index contributed by atoms with van der Waals surface area (Å²) in [5, 5.41) is -1.38. The van der Waals surface area contributed by atoms with E-state index < -0.39 is 11.4 Å². The third kappa shape index (κ3) is 2.52. The van der Waals surface area contributed by atoms with Gasteiger partial charge in [0, 0.05) is 4.91 Å². The molecule has 15 heavy (non-hydrogen) atoms. The lowest BCUT2D eigenvalue weighted by Gasteiger charge is -2.09. The van der Waals surface area contributed by atoms with Gasteiger partial charge in [0.15, 0.2) is 0 Å². The molecule has 0 spiro atoms. The van der Waals surface area contributed by atoms with Gasteiger partial charge in [-0.25, -0.2) is 0 Å². The third-order valence-electron chi connectivity index (χ3n) is 1.93. The van der Waals surface area contributed by atoms with Gasteiger partial charge in [-0.2, -0.15) is 13.2 Å². The number of halogens is 3. The molecule has 1 aliphatic rings. The van der Waals surface area contributed by atoms with Crippen LogP contribution in [0.1, 0.15) is 5.56 Å². The van der Waals surface area contributed by atoms with Crippen molar-refractivity contribution >= 4 is 26.5 Å². The minimum absolute atomic E-state index is 0.697. The maximum absolute atomic E-state index is 12.4. The zero-order valence-corrected chi connectivity index (χ0v) is 9.12. The van der Waals surface area contributed by atoms with Gasteiger partial charge in [-0.05, 0) is 11.6 Å². The number of benzene rings is 1. The minimum Gasteiger partial charge on any atom is -0.169 e. The molecule has 0 saturated heterocycles. The van der Waals surface area contributed by atoms with E-state index in [1.54, 1.807) is 0 Å². The summed E-state index contributed by atoms with van der Waals surface area (Å²) in [4.78, 5) is 0.697. The summed E-state index contributed by atoms with van der Waals surface area (Å²) in [6.45, 7) is 0. The zero-order chi connectivity index (χ0) is 10.9. The van der Waals surface area contributed by atoms with Crippen molar-refractivity contribution in [2.24, 2.45) is 0 Å². The molecule has 0 fully saturated rings. The van der Waals surface area contributed by atoms with Crippen LogP contribution in [-0.2, 0) is 0 Å². The Hall–Kier alpha value is -0.550. The molecule has 0 amide bonds. The Labute approximate surface area is 93.3 Å². The van der Waals surface area contributed by atoms with Crippen LogP contribution in [0.2, 0.25) is 0 Å². The first kappa shape index (κ1) is 11.0. The van der Waals surface area contributed by atoms with Crippen LogP contribution in [0.5, 0.6) is 0 Å². The van der Waals surface area contributed by atoms with Crippen LogP contribution in [0.25, 0.3) is 4.91 Å². The van der Waals surface area contributed by atoms with E-state index in [0.29, 0.717) is 4.91 Å². The predicted octanol–water partition coefficient (Wildman–Crippen LogP) is 4.35. The zero-order valence-electron chi connectivity index (χ0n) is 7.49. The smallest absolute Gasteiger partial charge is 0.169 e. The number of alkyl halides is 3. The highest BCUT2D eigenvalue weighted by Gasteiger charge is 2.42. The molecular weight excluding hydrogens is 241 g/mol. The Kier molecular flexibility index (Phi) is 3.02. The molecule has 0 aromatic heterocycles. The molecule has 0 saturated carbocycles. The van der Waals surface area contributed by atoms with Crippen molar-refractivity contribution < 1.29 is 13.2 Å². The Morgan fingerprint density at radius 3 is 2.27 bits per heavy atom. The van der Waals surface area contributed by atoms with Gasteiger partial charge < -0.3 is 0 Å². The van der Waals surface area contributed by atoms with Gasteiger partial charge in [0.25, 0.3) is 0 Å². The van der Waals surface area contributed by atoms with E-state index in [-0.39, 0.29) is 0 Å². The normalized spacial score (nSPS) is 21.5. The Morgan fingerprint density at radius 1 is 1.07 bits per heavy atom. The Balaban J connectivity index is 2.21. The van der Waals surface area contributed by atoms with Gasteiger partial charge in [0.2, 0.25) is 0 Å². The molecule has 0 radical (unpaired) electrons. The minimum atomic E-state index is -4.14. The SMILES string of the molecule is FC(F)(F)C1C=C(c2ccccc2)SS1. The molecule has 80 valence electrons. The molecule has 0 bridgehead atoms. The second-order valence-electron chi connectivity index (χ2n) is 3.04. The molecular formula is C10H7F3S2. The lowest BCUT2D eigenvalue weighted by Crippen LogP contribution is -2.21. The van der Waals surface area contributed by atoms with Crippen molar-refractivity contribution in [3.8, 4) is 0 Å². The van der Waals surface area contributed by atoms with Gasteiger partial charge >= 0.3 is 6.18 Å². The molecule has 5 heteroatoms. The summed E-state index contributed by atoms with van der Waals surface area (Å²) in [6.07, 6.45) is -2.86. The van der Waals surface area contributed by atoms with Crippen LogP contribution in [0, 0.1) is 0 Å². The van der Waals surface area contributed by atoms with Crippen molar-refractivity contribution in [3.05, 3.63) is 42.0 Å². The third-order valence-corrected chi connectivity index (χ3v) is 4.63. The largest absolute Gasteiger partial charge is 0.404 e. The molecule has 1 unspecified atom stereocenters. The van der Waals surface area contributed by atoms with E-state index in [9.17, 15) is 13.2 Å². The average molecular weight is 248 g/mol. The highest BCUT2D eigenvalue weighted by molar-refractivity contribution is 8.80. The summed E-state index contributed by atoms with van der Waals surface area (Å²) in [7, 11) is 2.04. The number of rotatable bonds is 1. The van der Waals surface area contributed by atoms with Crippen LogP contribution in [0.3, 0.4) is 0 Å². The van der Waals surface area contributed by atoms with E-state index in [4.69, 9.17) is 0 Å². The standard InChI is InChI=1S/C10H7F3S2/c11-10(12,13)9-6-8(14-15-9)7-4-2-1-3-5-7/h1-6,9H. The van der Waals surface area contributed by atoms with Crippen molar-refractivity contribution in [2.75, 3.05) is 0 Å². The van der Waals surface area contributed by atoms with Gasteiger partial charge in [-0.3, -0.25) is 0 Å². The topological polar surface area (TPSA) is 0 Å². The van der Waals surface area contributed by atoms with Gasteiger partial charge in [0.1, 0.15) is 5.25 Å².